The molecule has 0 aliphatic rings. The van der Waals surface area contributed by atoms with Crippen molar-refractivity contribution >= 4 is 5.78 Å². The minimum Gasteiger partial charge on any atom is -0.308 e. The van der Waals surface area contributed by atoms with Gasteiger partial charge in [0.15, 0.2) is 6.20 Å². The first kappa shape index (κ1) is 13.8. The van der Waals surface area contributed by atoms with E-state index in [0.717, 1.165) is 11.5 Å². The van der Waals surface area contributed by atoms with E-state index in [0.29, 0.717) is 0 Å². The van der Waals surface area contributed by atoms with E-state index < -0.39 is 0 Å². The third kappa shape index (κ3) is 2.14. The van der Waals surface area contributed by atoms with Crippen molar-refractivity contribution in [3.05, 3.63) is 66.7 Å². The van der Waals surface area contributed by atoms with Gasteiger partial charge in [0.1, 0.15) is 12.7 Å². The summed E-state index contributed by atoms with van der Waals surface area (Å²) in [7, 11) is 4.15. The quantitative estimate of drug-likeness (QED) is 0.522. The van der Waals surface area contributed by atoms with Gasteiger partial charge in [-0.25, -0.2) is 4.98 Å². The van der Waals surface area contributed by atoms with Crippen molar-refractivity contribution in [1.29, 1.82) is 0 Å². The van der Waals surface area contributed by atoms with Crippen LogP contribution in [-0.4, -0.2) is 14.0 Å². The van der Waals surface area contributed by atoms with E-state index in [1.165, 1.54) is 22.4 Å². The second kappa shape index (κ2) is 5.09. The molecule has 1 aromatic carbocycles. The molecule has 3 aromatic heterocycles. The fourth-order valence-corrected chi connectivity index (χ4v) is 3.15. The van der Waals surface area contributed by atoms with Crippen LogP contribution in [0.15, 0.2) is 61.2 Å². The molecule has 0 N–H and O–H groups in total. The molecular weight excluding hydrogens is 284 g/mol. The van der Waals surface area contributed by atoms with Crippen molar-refractivity contribution in [3.8, 4) is 22.5 Å². The number of rotatable bonds is 2. The third-order valence-electron chi connectivity index (χ3n) is 4.40. The van der Waals surface area contributed by atoms with Crippen molar-refractivity contribution in [1.82, 2.24) is 14.0 Å². The summed E-state index contributed by atoms with van der Waals surface area (Å²) in [5.41, 5.74) is 6.10. The van der Waals surface area contributed by atoms with Crippen molar-refractivity contribution in [3.63, 3.8) is 0 Å². The summed E-state index contributed by atoms with van der Waals surface area (Å²) < 4.78 is 6.36. The summed E-state index contributed by atoms with van der Waals surface area (Å²) in [4.78, 5) is 4.40. The molecule has 0 atom stereocenters. The van der Waals surface area contributed by atoms with Crippen LogP contribution in [-0.2, 0) is 14.1 Å². The molecule has 3 heterocycles. The van der Waals surface area contributed by atoms with Gasteiger partial charge in [-0.05, 0) is 18.1 Å². The first-order chi connectivity index (χ1) is 11.1. The SMILES string of the molecule is Cc1cc(-c2cn3ccnc3n2C)[n+](C)cc1-c1ccccc1. The Labute approximate surface area is 135 Å². The Hall–Kier alpha value is -2.88. The number of benzene rings is 1. The largest absolute Gasteiger partial charge is 0.308 e. The first-order valence-corrected chi connectivity index (χ1v) is 7.69. The highest BCUT2D eigenvalue weighted by Crippen LogP contribution is 2.26. The maximum absolute atomic E-state index is 4.40. The van der Waals surface area contributed by atoms with Crippen LogP contribution in [0.3, 0.4) is 0 Å². The second-order valence-corrected chi connectivity index (χ2v) is 5.94. The maximum atomic E-state index is 4.40. The lowest BCUT2D eigenvalue weighted by molar-refractivity contribution is -0.660. The Balaban J connectivity index is 1.89. The summed E-state index contributed by atoms with van der Waals surface area (Å²) in [6.45, 7) is 2.17. The molecule has 0 amide bonds. The lowest BCUT2D eigenvalue weighted by atomic mass is 10.0. The molecule has 0 unspecified atom stereocenters. The molecule has 4 heteroatoms. The van der Waals surface area contributed by atoms with Crippen LogP contribution in [0.4, 0.5) is 0 Å². The maximum Gasteiger partial charge on any atom is 0.230 e. The number of aryl methyl sites for hydroxylation is 3. The summed E-state index contributed by atoms with van der Waals surface area (Å²) in [6.07, 6.45) is 8.13. The number of pyridine rings is 1. The van der Waals surface area contributed by atoms with Crippen molar-refractivity contribution in [2.45, 2.75) is 6.92 Å². The molecule has 23 heavy (non-hydrogen) atoms. The summed E-state index contributed by atoms with van der Waals surface area (Å²) in [6, 6.07) is 12.8. The van der Waals surface area contributed by atoms with Crippen LogP contribution in [0.5, 0.6) is 0 Å². The van der Waals surface area contributed by atoms with Gasteiger partial charge in [0, 0.05) is 37.3 Å². The van der Waals surface area contributed by atoms with Crippen LogP contribution in [0.25, 0.3) is 28.3 Å². The molecule has 4 rings (SSSR count). The second-order valence-electron chi connectivity index (χ2n) is 5.94. The van der Waals surface area contributed by atoms with Gasteiger partial charge < -0.3 is 4.57 Å². The van der Waals surface area contributed by atoms with Crippen LogP contribution >= 0.6 is 0 Å². The van der Waals surface area contributed by atoms with E-state index in [9.17, 15) is 0 Å². The van der Waals surface area contributed by atoms with Gasteiger partial charge in [-0.2, -0.15) is 4.57 Å². The van der Waals surface area contributed by atoms with Crippen molar-refractivity contribution in [2.24, 2.45) is 14.1 Å². The van der Waals surface area contributed by atoms with Gasteiger partial charge in [-0.1, -0.05) is 30.3 Å². The number of fused-ring (bicyclic) bond motifs is 1. The average molecular weight is 303 g/mol. The predicted molar refractivity (Wildman–Crippen MR) is 90.9 cm³/mol. The van der Waals surface area contributed by atoms with E-state index in [1.807, 2.05) is 18.5 Å². The highest BCUT2D eigenvalue weighted by Gasteiger charge is 2.19. The molecule has 0 radical (unpaired) electrons. The monoisotopic (exact) mass is 303 g/mol. The van der Waals surface area contributed by atoms with E-state index in [4.69, 9.17) is 0 Å². The molecule has 4 aromatic rings. The number of hydrogen-bond donors (Lipinski definition) is 0. The molecule has 0 fully saturated rings. The number of hydrogen-bond acceptors (Lipinski definition) is 1. The average Bonchev–Trinajstić information content (AvgIpc) is 3.13. The highest BCUT2D eigenvalue weighted by molar-refractivity contribution is 5.68. The molecule has 0 saturated carbocycles. The van der Waals surface area contributed by atoms with Crippen LogP contribution in [0.1, 0.15) is 5.56 Å². The van der Waals surface area contributed by atoms with Crippen LogP contribution in [0, 0.1) is 6.92 Å². The molecule has 4 nitrogen and oxygen atoms in total. The zero-order chi connectivity index (χ0) is 16.0. The standard InChI is InChI=1S/C19H19N4/c1-14-11-17(18-13-23-10-9-20-19(23)22(18)3)21(2)12-16(14)15-7-5-4-6-8-15/h4-13H,1-3H3/q+1. The summed E-state index contributed by atoms with van der Waals surface area (Å²) in [5, 5.41) is 0. The first-order valence-electron chi connectivity index (χ1n) is 7.69. The van der Waals surface area contributed by atoms with Gasteiger partial charge >= 0.3 is 0 Å². The van der Waals surface area contributed by atoms with Crippen molar-refractivity contribution < 1.29 is 4.57 Å². The Morgan fingerprint density at radius 1 is 1.13 bits per heavy atom. The predicted octanol–water partition coefficient (Wildman–Crippen LogP) is 3.14. The van der Waals surface area contributed by atoms with Gasteiger partial charge in [-0.15, -0.1) is 0 Å². The summed E-state index contributed by atoms with van der Waals surface area (Å²) in [5.74, 6) is 0.949. The lowest BCUT2D eigenvalue weighted by Gasteiger charge is -2.08. The number of nitrogens with zero attached hydrogens (tertiary/aromatic N) is 4. The van der Waals surface area contributed by atoms with Gasteiger partial charge in [0.25, 0.3) is 0 Å². The smallest absolute Gasteiger partial charge is 0.230 e. The molecule has 0 aliphatic heterocycles. The minimum atomic E-state index is 0.949. The van der Waals surface area contributed by atoms with E-state index in [2.05, 4.69) is 82.3 Å². The van der Waals surface area contributed by atoms with Crippen LogP contribution in [0.2, 0.25) is 0 Å². The van der Waals surface area contributed by atoms with Crippen molar-refractivity contribution in [2.75, 3.05) is 0 Å². The van der Waals surface area contributed by atoms with E-state index in [1.54, 1.807) is 0 Å². The third-order valence-corrected chi connectivity index (χ3v) is 4.40. The summed E-state index contributed by atoms with van der Waals surface area (Å²) >= 11 is 0. The molecule has 0 aliphatic carbocycles. The zero-order valence-electron chi connectivity index (χ0n) is 13.6. The van der Waals surface area contributed by atoms with Gasteiger partial charge in [-0.3, -0.25) is 4.40 Å². The van der Waals surface area contributed by atoms with Crippen LogP contribution < -0.4 is 4.57 Å². The minimum absolute atomic E-state index is 0.949. The number of aromatic nitrogens is 4. The molecule has 0 spiro atoms. The fraction of sp³-hybridized carbons (Fsp3) is 0.158. The lowest BCUT2D eigenvalue weighted by Crippen LogP contribution is -2.31. The number of imidazole rings is 2. The molecular formula is C19H19N4+. The fourth-order valence-electron chi connectivity index (χ4n) is 3.15. The van der Waals surface area contributed by atoms with Gasteiger partial charge in [0.05, 0.1) is 0 Å². The normalized spacial score (nSPS) is 11.3. The topological polar surface area (TPSA) is 26.1 Å². The Kier molecular flexibility index (Phi) is 3.05. The highest BCUT2D eigenvalue weighted by atomic mass is 15.2. The molecule has 0 saturated heterocycles. The Morgan fingerprint density at radius 3 is 2.65 bits per heavy atom. The molecule has 0 bridgehead atoms. The zero-order valence-corrected chi connectivity index (χ0v) is 13.6. The van der Waals surface area contributed by atoms with Gasteiger partial charge in [0.2, 0.25) is 11.5 Å². The molecule has 114 valence electrons. The Bertz CT molecular complexity index is 993. The van der Waals surface area contributed by atoms with E-state index >= 15 is 0 Å². The Morgan fingerprint density at radius 2 is 1.91 bits per heavy atom. The van der Waals surface area contributed by atoms with E-state index in [-0.39, 0.29) is 0 Å².